The number of H-pyrrole nitrogens is 1. The fourth-order valence-corrected chi connectivity index (χ4v) is 3.04. The number of carbonyl (C=O) groups excluding carboxylic acids is 1. The van der Waals surface area contributed by atoms with Crippen LogP contribution in [0, 0.1) is 10.1 Å². The van der Waals surface area contributed by atoms with E-state index < -0.39 is 4.92 Å². The summed E-state index contributed by atoms with van der Waals surface area (Å²) in [7, 11) is 2.90. The summed E-state index contributed by atoms with van der Waals surface area (Å²) in [5.74, 6) is 0.607. The van der Waals surface area contributed by atoms with E-state index in [4.69, 9.17) is 9.47 Å². The van der Waals surface area contributed by atoms with Crippen LogP contribution in [0.3, 0.4) is 0 Å². The predicted molar refractivity (Wildman–Crippen MR) is 113 cm³/mol. The molecule has 0 atom stereocenters. The van der Waals surface area contributed by atoms with Gasteiger partial charge in [0.25, 0.3) is 5.69 Å². The van der Waals surface area contributed by atoms with Crippen LogP contribution < -0.4 is 9.47 Å². The highest BCUT2D eigenvalue weighted by Crippen LogP contribution is 2.36. The molecule has 1 N–H and O–H groups in total. The summed E-state index contributed by atoms with van der Waals surface area (Å²) in [6, 6.07) is 10.6. The summed E-state index contributed by atoms with van der Waals surface area (Å²) in [4.78, 5) is 25.7. The van der Waals surface area contributed by atoms with Gasteiger partial charge in [-0.05, 0) is 37.3 Å². The van der Waals surface area contributed by atoms with Crippen LogP contribution in [0.2, 0.25) is 0 Å². The third kappa shape index (κ3) is 4.19. The molecule has 3 rings (SSSR count). The maximum atomic E-state index is 11.5. The van der Waals surface area contributed by atoms with Crippen LogP contribution in [0.5, 0.6) is 11.5 Å². The Balaban J connectivity index is 2.15. The zero-order valence-corrected chi connectivity index (χ0v) is 16.3. The van der Waals surface area contributed by atoms with Gasteiger partial charge in [-0.25, -0.2) is 0 Å². The number of nitro groups is 1. The zero-order chi connectivity index (χ0) is 21.0. The minimum Gasteiger partial charge on any atom is -0.493 e. The summed E-state index contributed by atoms with van der Waals surface area (Å²) in [6.07, 6.45) is 6.61. The smallest absolute Gasteiger partial charge is 0.280 e. The van der Waals surface area contributed by atoms with E-state index in [1.54, 1.807) is 24.3 Å². The van der Waals surface area contributed by atoms with Crippen molar-refractivity contribution in [3.8, 4) is 11.5 Å². The molecular formula is C22H20N2O5. The Kier molecular flexibility index (Phi) is 5.78. The molecule has 0 aliphatic rings. The molecular weight excluding hydrogens is 372 g/mol. The van der Waals surface area contributed by atoms with E-state index in [-0.39, 0.29) is 17.2 Å². The standard InChI is InChI=1S/C22H20N2O5/c1-14(25)8-11-19-17(16-6-4-5-7-18(16)23-19)10-9-15-12-21(28-2)22(29-3)13-20(15)24(26)27/h4-13,23H,1-3H3/b10-9+,11-8+. The van der Waals surface area contributed by atoms with Gasteiger partial charge in [0.05, 0.1) is 30.8 Å². The lowest BCUT2D eigenvalue weighted by atomic mass is 10.1. The third-order valence-electron chi connectivity index (χ3n) is 4.42. The van der Waals surface area contributed by atoms with Crippen LogP contribution in [0.25, 0.3) is 29.1 Å². The highest BCUT2D eigenvalue weighted by atomic mass is 16.6. The van der Waals surface area contributed by atoms with E-state index in [0.717, 1.165) is 22.2 Å². The number of ketones is 1. The minimum absolute atomic E-state index is 0.0749. The largest absolute Gasteiger partial charge is 0.493 e. The summed E-state index contributed by atoms with van der Waals surface area (Å²) in [5.41, 5.74) is 2.74. The number of methoxy groups -OCH3 is 2. The average molecular weight is 392 g/mol. The number of allylic oxidation sites excluding steroid dienone is 1. The van der Waals surface area contributed by atoms with E-state index in [0.29, 0.717) is 11.3 Å². The molecule has 0 unspecified atom stereocenters. The second kappa shape index (κ2) is 8.43. The number of aromatic amines is 1. The normalized spacial score (nSPS) is 11.4. The van der Waals surface area contributed by atoms with Crippen molar-refractivity contribution in [2.45, 2.75) is 6.92 Å². The van der Waals surface area contributed by atoms with E-state index in [9.17, 15) is 14.9 Å². The lowest BCUT2D eigenvalue weighted by Gasteiger charge is -2.08. The first-order chi connectivity index (χ1) is 13.9. The SMILES string of the molecule is COc1cc(/C=C/c2c(/C=C/C(C)=O)[nH]c3ccccc23)c([N+](=O)[O-])cc1OC. The molecule has 0 fully saturated rings. The van der Waals surface area contributed by atoms with Crippen LogP contribution >= 0.6 is 0 Å². The Morgan fingerprint density at radius 2 is 1.76 bits per heavy atom. The van der Waals surface area contributed by atoms with Crippen molar-refractivity contribution in [3.05, 3.63) is 69.4 Å². The van der Waals surface area contributed by atoms with Crippen molar-refractivity contribution in [1.82, 2.24) is 4.98 Å². The molecule has 29 heavy (non-hydrogen) atoms. The number of nitrogens with one attached hydrogen (secondary N) is 1. The number of para-hydroxylation sites is 1. The summed E-state index contributed by atoms with van der Waals surface area (Å²) < 4.78 is 10.4. The Morgan fingerprint density at radius 3 is 2.41 bits per heavy atom. The molecule has 7 nitrogen and oxygen atoms in total. The summed E-state index contributed by atoms with van der Waals surface area (Å²) in [5, 5.41) is 12.5. The van der Waals surface area contributed by atoms with Gasteiger partial charge in [-0.2, -0.15) is 0 Å². The Bertz CT molecular complexity index is 1140. The second-order valence-electron chi connectivity index (χ2n) is 6.30. The Labute approximate surface area is 167 Å². The monoisotopic (exact) mass is 392 g/mol. The highest BCUT2D eigenvalue weighted by Gasteiger charge is 2.18. The van der Waals surface area contributed by atoms with E-state index >= 15 is 0 Å². The molecule has 0 aliphatic carbocycles. The number of carbonyl (C=O) groups is 1. The molecule has 2 aromatic carbocycles. The molecule has 0 spiro atoms. The minimum atomic E-state index is -0.465. The number of nitro benzene ring substituents is 1. The number of hydrogen-bond donors (Lipinski definition) is 1. The Hall–Kier alpha value is -3.87. The summed E-state index contributed by atoms with van der Waals surface area (Å²) in [6.45, 7) is 1.47. The molecule has 148 valence electrons. The van der Waals surface area contributed by atoms with Crippen molar-refractivity contribution >= 4 is 40.6 Å². The van der Waals surface area contributed by atoms with Crippen molar-refractivity contribution < 1.29 is 19.2 Å². The third-order valence-corrected chi connectivity index (χ3v) is 4.42. The molecule has 7 heteroatoms. The van der Waals surface area contributed by atoms with Crippen molar-refractivity contribution in [1.29, 1.82) is 0 Å². The van der Waals surface area contributed by atoms with Crippen LogP contribution in [0.1, 0.15) is 23.7 Å². The molecule has 0 saturated carbocycles. The number of aromatic nitrogens is 1. The first-order valence-corrected chi connectivity index (χ1v) is 8.82. The van der Waals surface area contributed by atoms with Gasteiger partial charge in [0.15, 0.2) is 17.3 Å². The molecule has 0 radical (unpaired) electrons. The fourth-order valence-electron chi connectivity index (χ4n) is 3.04. The molecule has 3 aromatic rings. The van der Waals surface area contributed by atoms with E-state index in [2.05, 4.69) is 4.98 Å². The van der Waals surface area contributed by atoms with Gasteiger partial charge in [0.1, 0.15) is 0 Å². The van der Waals surface area contributed by atoms with Gasteiger partial charge in [-0.3, -0.25) is 14.9 Å². The van der Waals surface area contributed by atoms with Crippen LogP contribution in [0.15, 0.2) is 42.5 Å². The number of ether oxygens (including phenoxy) is 2. The number of nitrogens with zero attached hydrogens (tertiary/aromatic N) is 1. The fraction of sp³-hybridized carbons (Fsp3) is 0.136. The first-order valence-electron chi connectivity index (χ1n) is 8.82. The summed E-state index contributed by atoms with van der Waals surface area (Å²) >= 11 is 0. The quantitative estimate of drug-likeness (QED) is 0.352. The molecule has 1 aromatic heterocycles. The van der Waals surface area contributed by atoms with Gasteiger partial charge in [0.2, 0.25) is 0 Å². The zero-order valence-electron chi connectivity index (χ0n) is 16.3. The van der Waals surface area contributed by atoms with Crippen molar-refractivity contribution in [3.63, 3.8) is 0 Å². The first kappa shape index (κ1) is 19.9. The maximum Gasteiger partial charge on any atom is 0.280 e. The van der Waals surface area contributed by atoms with Crippen molar-refractivity contribution in [2.24, 2.45) is 0 Å². The second-order valence-corrected chi connectivity index (χ2v) is 6.30. The lowest BCUT2D eigenvalue weighted by Crippen LogP contribution is -1.96. The molecule has 0 saturated heterocycles. The highest BCUT2D eigenvalue weighted by molar-refractivity contribution is 5.98. The number of fused-ring (bicyclic) bond motifs is 1. The topological polar surface area (TPSA) is 94.5 Å². The molecule has 1 heterocycles. The molecule has 0 amide bonds. The van der Waals surface area contributed by atoms with Gasteiger partial charge in [-0.1, -0.05) is 24.3 Å². The van der Waals surface area contributed by atoms with Crippen LogP contribution in [-0.2, 0) is 4.79 Å². The number of hydrogen-bond acceptors (Lipinski definition) is 5. The van der Waals surface area contributed by atoms with E-state index in [1.807, 2.05) is 24.3 Å². The van der Waals surface area contributed by atoms with E-state index in [1.165, 1.54) is 33.3 Å². The van der Waals surface area contributed by atoms with Crippen LogP contribution in [-0.4, -0.2) is 29.9 Å². The van der Waals surface area contributed by atoms with Gasteiger partial charge < -0.3 is 14.5 Å². The molecule has 0 bridgehead atoms. The average Bonchev–Trinajstić information content (AvgIpc) is 3.07. The van der Waals surface area contributed by atoms with Crippen molar-refractivity contribution in [2.75, 3.05) is 14.2 Å². The van der Waals surface area contributed by atoms with Crippen LogP contribution in [0.4, 0.5) is 5.69 Å². The molecule has 0 aliphatic heterocycles. The lowest BCUT2D eigenvalue weighted by molar-refractivity contribution is -0.385. The maximum absolute atomic E-state index is 11.5. The number of rotatable bonds is 7. The van der Waals surface area contributed by atoms with Gasteiger partial charge >= 0.3 is 0 Å². The number of benzene rings is 2. The Morgan fingerprint density at radius 1 is 1.07 bits per heavy atom. The predicted octanol–water partition coefficient (Wildman–Crippen LogP) is 4.87. The van der Waals surface area contributed by atoms with Gasteiger partial charge in [0, 0.05) is 22.2 Å². The van der Waals surface area contributed by atoms with Gasteiger partial charge in [-0.15, -0.1) is 0 Å².